The molecule has 6 nitrogen and oxygen atoms in total. The second-order valence-corrected chi connectivity index (χ2v) is 6.84. The average molecular weight is 364 g/mol. The predicted octanol–water partition coefficient (Wildman–Crippen LogP) is 3.59. The number of nitrogens with two attached hydrogens (primary N) is 1. The predicted molar refractivity (Wildman–Crippen MR) is 107 cm³/mol. The first-order valence-corrected chi connectivity index (χ1v) is 9.16. The molecule has 0 amide bonds. The van der Waals surface area contributed by atoms with Gasteiger partial charge in [0.2, 0.25) is 5.88 Å². The number of hydrogen-bond acceptors (Lipinski definition) is 6. The number of ether oxygens (including phenoxy) is 2. The topological polar surface area (TPSA) is 73.5 Å². The van der Waals surface area contributed by atoms with E-state index in [0.29, 0.717) is 31.5 Å². The fraction of sp³-hybridized carbons (Fsp3) is 0.333. The van der Waals surface area contributed by atoms with Crippen LogP contribution in [-0.2, 0) is 24.5 Å². The highest BCUT2D eigenvalue weighted by molar-refractivity contribution is 5.86. The number of rotatable bonds is 5. The molecule has 0 aliphatic carbocycles. The Bertz CT molecular complexity index is 1000. The van der Waals surface area contributed by atoms with E-state index in [1.807, 2.05) is 19.9 Å². The van der Waals surface area contributed by atoms with Gasteiger partial charge in [-0.15, -0.1) is 0 Å². The Balaban J connectivity index is 1.61. The molecule has 2 N–H and O–H groups in total. The van der Waals surface area contributed by atoms with Crippen molar-refractivity contribution in [2.24, 2.45) is 0 Å². The first kappa shape index (κ1) is 17.5. The van der Waals surface area contributed by atoms with E-state index in [9.17, 15) is 0 Å². The zero-order valence-electron chi connectivity index (χ0n) is 16.0. The van der Waals surface area contributed by atoms with Crippen LogP contribution in [0.15, 0.2) is 30.3 Å². The molecule has 1 aliphatic rings. The second-order valence-electron chi connectivity index (χ2n) is 6.84. The Morgan fingerprint density at radius 1 is 1.15 bits per heavy atom. The summed E-state index contributed by atoms with van der Waals surface area (Å²) < 4.78 is 11.0. The fourth-order valence-corrected chi connectivity index (χ4v) is 3.64. The van der Waals surface area contributed by atoms with Gasteiger partial charge >= 0.3 is 0 Å². The van der Waals surface area contributed by atoms with Crippen molar-refractivity contribution in [1.82, 2.24) is 9.97 Å². The molecule has 0 spiro atoms. The standard InChI is InChI=1S/C21H24N4O2/c1-4-27-20-8-7-19(13(2)23-20)25(3)10-14-5-6-15-16-11-26-12-17(16)21(22)24-18(15)9-14/h5-9H,4,10-12H2,1-3H3,(H2,22,24). The minimum Gasteiger partial charge on any atom is -0.478 e. The van der Waals surface area contributed by atoms with Gasteiger partial charge in [0.05, 0.1) is 36.7 Å². The van der Waals surface area contributed by atoms with Crippen LogP contribution in [0.25, 0.3) is 10.9 Å². The van der Waals surface area contributed by atoms with Crippen LogP contribution < -0.4 is 15.4 Å². The Hall–Kier alpha value is -2.86. The van der Waals surface area contributed by atoms with Gasteiger partial charge in [-0.2, -0.15) is 0 Å². The highest BCUT2D eigenvalue weighted by atomic mass is 16.5. The summed E-state index contributed by atoms with van der Waals surface area (Å²) in [5.74, 6) is 1.24. The summed E-state index contributed by atoms with van der Waals surface area (Å²) in [5, 5.41) is 1.13. The molecule has 1 aromatic carbocycles. The van der Waals surface area contributed by atoms with Crippen molar-refractivity contribution in [3.63, 3.8) is 0 Å². The number of fused-ring (bicyclic) bond motifs is 3. The van der Waals surface area contributed by atoms with Crippen LogP contribution >= 0.6 is 0 Å². The van der Waals surface area contributed by atoms with Crippen molar-refractivity contribution >= 4 is 22.4 Å². The third-order valence-corrected chi connectivity index (χ3v) is 4.95. The van der Waals surface area contributed by atoms with E-state index in [-0.39, 0.29) is 0 Å². The highest BCUT2D eigenvalue weighted by Crippen LogP contribution is 2.32. The zero-order chi connectivity index (χ0) is 19.0. The fourth-order valence-electron chi connectivity index (χ4n) is 3.64. The second kappa shape index (κ2) is 7.04. The number of hydrogen-bond donors (Lipinski definition) is 1. The molecule has 140 valence electrons. The summed E-state index contributed by atoms with van der Waals surface area (Å²) in [6, 6.07) is 10.3. The summed E-state index contributed by atoms with van der Waals surface area (Å²) in [6.07, 6.45) is 0. The molecule has 3 aromatic rings. The van der Waals surface area contributed by atoms with E-state index in [1.165, 1.54) is 11.1 Å². The first-order valence-electron chi connectivity index (χ1n) is 9.16. The Labute approximate surface area is 158 Å². The Kier molecular flexibility index (Phi) is 4.58. The number of pyridine rings is 2. The maximum absolute atomic E-state index is 6.12. The van der Waals surface area contributed by atoms with E-state index in [2.05, 4.69) is 46.2 Å². The number of benzene rings is 1. The maximum Gasteiger partial charge on any atom is 0.213 e. The van der Waals surface area contributed by atoms with Crippen LogP contribution in [0.4, 0.5) is 11.5 Å². The van der Waals surface area contributed by atoms with Gasteiger partial charge in [0, 0.05) is 30.6 Å². The summed E-state index contributed by atoms with van der Waals surface area (Å²) in [5.41, 5.74) is 12.4. The minimum atomic E-state index is 0.554. The molecule has 0 saturated carbocycles. The number of aryl methyl sites for hydroxylation is 1. The summed E-state index contributed by atoms with van der Waals surface area (Å²) in [7, 11) is 2.06. The van der Waals surface area contributed by atoms with Gasteiger partial charge < -0.3 is 20.1 Å². The van der Waals surface area contributed by atoms with Crippen molar-refractivity contribution in [3.8, 4) is 5.88 Å². The van der Waals surface area contributed by atoms with Gasteiger partial charge in [0.25, 0.3) is 0 Å². The molecule has 0 atom stereocenters. The Morgan fingerprint density at radius 2 is 1.96 bits per heavy atom. The van der Waals surface area contributed by atoms with Gasteiger partial charge in [0.15, 0.2) is 0 Å². The van der Waals surface area contributed by atoms with Crippen LogP contribution in [0.1, 0.15) is 29.3 Å². The summed E-state index contributed by atoms with van der Waals surface area (Å²) in [4.78, 5) is 11.3. The van der Waals surface area contributed by atoms with Crippen molar-refractivity contribution in [2.75, 3.05) is 24.3 Å². The number of anilines is 2. The van der Waals surface area contributed by atoms with Crippen LogP contribution in [-0.4, -0.2) is 23.6 Å². The normalized spacial score (nSPS) is 13.0. The lowest BCUT2D eigenvalue weighted by atomic mass is 10.0. The molecule has 6 heteroatoms. The Morgan fingerprint density at radius 3 is 2.74 bits per heavy atom. The van der Waals surface area contributed by atoms with Crippen LogP contribution in [0.3, 0.4) is 0 Å². The molecule has 0 bridgehead atoms. The smallest absolute Gasteiger partial charge is 0.213 e. The lowest BCUT2D eigenvalue weighted by Gasteiger charge is -2.21. The third kappa shape index (κ3) is 3.28. The quantitative estimate of drug-likeness (QED) is 0.746. The van der Waals surface area contributed by atoms with Crippen molar-refractivity contribution in [2.45, 2.75) is 33.6 Å². The van der Waals surface area contributed by atoms with Crippen LogP contribution in [0, 0.1) is 6.92 Å². The van der Waals surface area contributed by atoms with Gasteiger partial charge in [-0.3, -0.25) is 0 Å². The molecule has 1 aliphatic heterocycles. The van der Waals surface area contributed by atoms with Crippen molar-refractivity contribution in [3.05, 3.63) is 52.7 Å². The molecule has 0 radical (unpaired) electrons. The lowest BCUT2D eigenvalue weighted by Crippen LogP contribution is -2.18. The number of aromatic nitrogens is 2. The average Bonchev–Trinajstić information content (AvgIpc) is 3.12. The minimum absolute atomic E-state index is 0.554. The zero-order valence-corrected chi connectivity index (χ0v) is 16.0. The molecule has 3 heterocycles. The molecule has 2 aromatic heterocycles. The number of nitrogen functional groups attached to an aromatic ring is 1. The lowest BCUT2D eigenvalue weighted by molar-refractivity contribution is 0.135. The number of nitrogens with zero attached hydrogens (tertiary/aromatic N) is 3. The van der Waals surface area contributed by atoms with Crippen LogP contribution in [0.2, 0.25) is 0 Å². The molecule has 27 heavy (non-hydrogen) atoms. The van der Waals surface area contributed by atoms with Crippen molar-refractivity contribution < 1.29 is 9.47 Å². The molecule has 0 saturated heterocycles. The third-order valence-electron chi connectivity index (χ3n) is 4.95. The molecule has 0 fully saturated rings. The summed E-state index contributed by atoms with van der Waals surface area (Å²) in [6.45, 7) is 6.48. The van der Waals surface area contributed by atoms with Gasteiger partial charge in [-0.1, -0.05) is 12.1 Å². The van der Waals surface area contributed by atoms with E-state index in [1.54, 1.807) is 0 Å². The molecule has 0 unspecified atom stereocenters. The van der Waals surface area contributed by atoms with E-state index in [4.69, 9.17) is 15.2 Å². The summed E-state index contributed by atoms with van der Waals surface area (Å²) >= 11 is 0. The largest absolute Gasteiger partial charge is 0.478 e. The molecule has 4 rings (SSSR count). The van der Waals surface area contributed by atoms with E-state index >= 15 is 0 Å². The van der Waals surface area contributed by atoms with Gasteiger partial charge in [-0.05, 0) is 37.1 Å². The monoisotopic (exact) mass is 364 g/mol. The van der Waals surface area contributed by atoms with Gasteiger partial charge in [0.1, 0.15) is 5.82 Å². The van der Waals surface area contributed by atoms with E-state index < -0.39 is 0 Å². The SMILES string of the molecule is CCOc1ccc(N(C)Cc2ccc3c4c(c(N)nc3c2)COC4)c(C)n1. The van der Waals surface area contributed by atoms with Crippen molar-refractivity contribution in [1.29, 1.82) is 0 Å². The van der Waals surface area contributed by atoms with Gasteiger partial charge in [-0.25, -0.2) is 9.97 Å². The first-order chi connectivity index (χ1) is 13.1. The highest BCUT2D eigenvalue weighted by Gasteiger charge is 2.19. The molecular weight excluding hydrogens is 340 g/mol. The van der Waals surface area contributed by atoms with Crippen LogP contribution in [0.5, 0.6) is 5.88 Å². The molecular formula is C21H24N4O2. The maximum atomic E-state index is 6.12. The van der Waals surface area contributed by atoms with E-state index in [0.717, 1.165) is 34.4 Å².